The van der Waals surface area contributed by atoms with Crippen LogP contribution in [0.2, 0.25) is 5.02 Å². The van der Waals surface area contributed by atoms with Gasteiger partial charge in [0.25, 0.3) is 0 Å². The zero-order chi connectivity index (χ0) is 12.1. The number of aromatic nitrogens is 2. The van der Waals surface area contributed by atoms with Gasteiger partial charge in [0.1, 0.15) is 0 Å². The number of nitrogens with zero attached hydrogens (tertiary/aromatic N) is 2. The number of benzene rings is 1. The minimum atomic E-state index is 0.789. The average molecular weight is 250 g/mol. The molecule has 0 amide bonds. The molecule has 4 heteroatoms. The number of aryl methyl sites for hydroxylation is 1. The molecule has 1 aromatic heterocycles. The molecule has 0 aliphatic carbocycles. The van der Waals surface area contributed by atoms with Crippen LogP contribution in [-0.4, -0.2) is 16.3 Å². The number of halogens is 1. The molecule has 0 saturated heterocycles. The molecular formula is C13H16ClN3. The second-order valence-electron chi connectivity index (χ2n) is 4.00. The summed E-state index contributed by atoms with van der Waals surface area (Å²) in [5, 5.41) is 8.31. The first-order valence-electron chi connectivity index (χ1n) is 5.68. The van der Waals surface area contributed by atoms with E-state index in [1.54, 1.807) is 0 Å². The smallest absolute Gasteiger partial charge is 0.0518 e. The molecule has 2 aromatic rings. The van der Waals surface area contributed by atoms with E-state index in [1.807, 2.05) is 36.1 Å². The summed E-state index contributed by atoms with van der Waals surface area (Å²) in [7, 11) is 1.95. The predicted octanol–water partition coefficient (Wildman–Crippen LogP) is 2.41. The van der Waals surface area contributed by atoms with Gasteiger partial charge in [-0.15, -0.1) is 0 Å². The number of nitrogens with one attached hydrogen (secondary N) is 1. The molecule has 0 fully saturated rings. The monoisotopic (exact) mass is 249 g/mol. The SMILES string of the molecule is Cn1nccc1CNCCc1ccc(Cl)cc1. The topological polar surface area (TPSA) is 29.9 Å². The molecule has 0 bridgehead atoms. The third-order valence-corrected chi connectivity index (χ3v) is 2.98. The maximum atomic E-state index is 5.83. The lowest BCUT2D eigenvalue weighted by atomic mass is 10.1. The summed E-state index contributed by atoms with van der Waals surface area (Å²) in [5.74, 6) is 0. The first-order chi connectivity index (χ1) is 8.25. The molecule has 0 unspecified atom stereocenters. The molecule has 0 radical (unpaired) electrons. The summed E-state index contributed by atoms with van der Waals surface area (Å²) in [6.07, 6.45) is 2.82. The quantitative estimate of drug-likeness (QED) is 0.825. The van der Waals surface area contributed by atoms with Gasteiger partial charge in [-0.3, -0.25) is 4.68 Å². The van der Waals surface area contributed by atoms with Gasteiger partial charge < -0.3 is 5.32 Å². The Morgan fingerprint density at radius 2 is 2.00 bits per heavy atom. The van der Waals surface area contributed by atoms with Crippen molar-refractivity contribution in [3.05, 3.63) is 52.8 Å². The average Bonchev–Trinajstić information content (AvgIpc) is 2.73. The van der Waals surface area contributed by atoms with Gasteiger partial charge in [-0.25, -0.2) is 0 Å². The standard InChI is InChI=1S/C13H16ClN3/c1-17-13(7-9-16-17)10-15-8-6-11-2-4-12(14)5-3-11/h2-5,7,9,15H,6,8,10H2,1H3. The van der Waals surface area contributed by atoms with Gasteiger partial charge in [0.15, 0.2) is 0 Å². The Balaban J connectivity index is 1.73. The van der Waals surface area contributed by atoms with E-state index in [0.29, 0.717) is 0 Å². The van der Waals surface area contributed by atoms with E-state index in [1.165, 1.54) is 11.3 Å². The van der Waals surface area contributed by atoms with Crippen molar-refractivity contribution in [2.75, 3.05) is 6.54 Å². The Bertz CT molecular complexity index is 462. The van der Waals surface area contributed by atoms with Crippen LogP contribution in [0.15, 0.2) is 36.5 Å². The summed E-state index contributed by atoms with van der Waals surface area (Å²) in [4.78, 5) is 0. The van der Waals surface area contributed by atoms with Crippen LogP contribution in [0.4, 0.5) is 0 Å². The van der Waals surface area contributed by atoms with E-state index in [2.05, 4.69) is 22.5 Å². The van der Waals surface area contributed by atoms with Crippen molar-refractivity contribution in [2.24, 2.45) is 7.05 Å². The van der Waals surface area contributed by atoms with Crippen molar-refractivity contribution in [1.82, 2.24) is 15.1 Å². The molecule has 90 valence electrons. The molecule has 1 N–H and O–H groups in total. The lowest BCUT2D eigenvalue weighted by molar-refractivity contribution is 0.626. The largest absolute Gasteiger partial charge is 0.311 e. The number of hydrogen-bond donors (Lipinski definition) is 1. The van der Waals surface area contributed by atoms with E-state index in [9.17, 15) is 0 Å². The van der Waals surface area contributed by atoms with Crippen molar-refractivity contribution in [1.29, 1.82) is 0 Å². The molecule has 0 aliphatic heterocycles. The van der Waals surface area contributed by atoms with Crippen molar-refractivity contribution in [2.45, 2.75) is 13.0 Å². The van der Waals surface area contributed by atoms with Crippen LogP contribution in [-0.2, 0) is 20.0 Å². The zero-order valence-corrected chi connectivity index (χ0v) is 10.6. The van der Waals surface area contributed by atoms with Crippen LogP contribution in [0.3, 0.4) is 0 Å². The van der Waals surface area contributed by atoms with Gasteiger partial charge in [-0.1, -0.05) is 23.7 Å². The molecule has 1 heterocycles. The third kappa shape index (κ3) is 3.58. The van der Waals surface area contributed by atoms with E-state index >= 15 is 0 Å². The van der Waals surface area contributed by atoms with Gasteiger partial charge in [-0.05, 0) is 36.7 Å². The predicted molar refractivity (Wildman–Crippen MR) is 70.1 cm³/mol. The summed E-state index contributed by atoms with van der Waals surface area (Å²) >= 11 is 5.83. The van der Waals surface area contributed by atoms with Crippen molar-refractivity contribution < 1.29 is 0 Å². The lowest BCUT2D eigenvalue weighted by Crippen LogP contribution is -2.18. The summed E-state index contributed by atoms with van der Waals surface area (Å²) in [5.41, 5.74) is 2.49. The fraction of sp³-hybridized carbons (Fsp3) is 0.308. The highest BCUT2D eigenvalue weighted by Crippen LogP contribution is 2.09. The highest BCUT2D eigenvalue weighted by atomic mass is 35.5. The molecule has 2 rings (SSSR count). The number of hydrogen-bond acceptors (Lipinski definition) is 2. The molecule has 0 atom stereocenters. The van der Waals surface area contributed by atoms with Crippen molar-refractivity contribution >= 4 is 11.6 Å². The second-order valence-corrected chi connectivity index (χ2v) is 4.44. The first-order valence-corrected chi connectivity index (χ1v) is 6.05. The molecule has 17 heavy (non-hydrogen) atoms. The van der Waals surface area contributed by atoms with Crippen LogP contribution < -0.4 is 5.32 Å². The van der Waals surface area contributed by atoms with Gasteiger partial charge >= 0.3 is 0 Å². The third-order valence-electron chi connectivity index (χ3n) is 2.73. The highest BCUT2D eigenvalue weighted by molar-refractivity contribution is 6.30. The minimum absolute atomic E-state index is 0.789. The van der Waals surface area contributed by atoms with E-state index in [0.717, 1.165) is 24.5 Å². The molecule has 0 spiro atoms. The minimum Gasteiger partial charge on any atom is -0.311 e. The van der Waals surface area contributed by atoms with Crippen LogP contribution in [0, 0.1) is 0 Å². The van der Waals surface area contributed by atoms with Gasteiger partial charge in [-0.2, -0.15) is 5.10 Å². The fourth-order valence-corrected chi connectivity index (χ4v) is 1.80. The summed E-state index contributed by atoms with van der Waals surface area (Å²) in [6.45, 7) is 1.80. The summed E-state index contributed by atoms with van der Waals surface area (Å²) < 4.78 is 1.88. The lowest BCUT2D eigenvalue weighted by Gasteiger charge is -2.05. The molecule has 3 nitrogen and oxygen atoms in total. The molecule has 0 saturated carbocycles. The summed E-state index contributed by atoms with van der Waals surface area (Å²) in [6, 6.07) is 10.0. The van der Waals surface area contributed by atoms with Gasteiger partial charge in [0.2, 0.25) is 0 Å². The van der Waals surface area contributed by atoms with Crippen LogP contribution in [0.5, 0.6) is 0 Å². The maximum absolute atomic E-state index is 5.83. The maximum Gasteiger partial charge on any atom is 0.0518 e. The van der Waals surface area contributed by atoms with E-state index in [4.69, 9.17) is 11.6 Å². The Hall–Kier alpha value is -1.32. The Morgan fingerprint density at radius 3 is 2.65 bits per heavy atom. The molecule has 1 aromatic carbocycles. The molecule has 0 aliphatic rings. The van der Waals surface area contributed by atoms with Crippen molar-refractivity contribution in [3.8, 4) is 0 Å². The Labute approximate surface area is 106 Å². The van der Waals surface area contributed by atoms with Crippen molar-refractivity contribution in [3.63, 3.8) is 0 Å². The van der Waals surface area contributed by atoms with Crippen LogP contribution in [0.1, 0.15) is 11.3 Å². The van der Waals surface area contributed by atoms with Gasteiger partial charge in [0.05, 0.1) is 5.69 Å². The first kappa shape index (κ1) is 12.1. The molecular weight excluding hydrogens is 234 g/mol. The number of rotatable bonds is 5. The van der Waals surface area contributed by atoms with E-state index in [-0.39, 0.29) is 0 Å². The second kappa shape index (κ2) is 5.84. The normalized spacial score (nSPS) is 10.7. The zero-order valence-electron chi connectivity index (χ0n) is 9.86. The van der Waals surface area contributed by atoms with E-state index < -0.39 is 0 Å². The fourth-order valence-electron chi connectivity index (χ4n) is 1.67. The Morgan fingerprint density at radius 1 is 1.24 bits per heavy atom. The van der Waals surface area contributed by atoms with Crippen LogP contribution in [0.25, 0.3) is 0 Å². The Kier molecular flexibility index (Phi) is 4.18. The van der Waals surface area contributed by atoms with Gasteiger partial charge in [0, 0.05) is 24.8 Å². The van der Waals surface area contributed by atoms with Crippen LogP contribution >= 0.6 is 11.6 Å². The highest BCUT2D eigenvalue weighted by Gasteiger charge is 1.97.